The second-order valence-corrected chi connectivity index (χ2v) is 8.36. The molecule has 1 amide bonds. The van der Waals surface area contributed by atoms with Gasteiger partial charge in [-0.3, -0.25) is 9.78 Å². The molecule has 5 rings (SSSR count). The van der Waals surface area contributed by atoms with Gasteiger partial charge in [0.2, 0.25) is 5.95 Å². The molecular weight excluding hydrogens is 456 g/mol. The highest BCUT2D eigenvalue weighted by Crippen LogP contribution is 2.27. The van der Waals surface area contributed by atoms with Gasteiger partial charge in [-0.1, -0.05) is 6.07 Å². The molecule has 180 valence electrons. The van der Waals surface area contributed by atoms with Crippen LogP contribution in [-0.2, 0) is 0 Å². The van der Waals surface area contributed by atoms with Crippen LogP contribution in [0.5, 0.6) is 0 Å². The topological polar surface area (TPSA) is 135 Å². The summed E-state index contributed by atoms with van der Waals surface area (Å²) in [6.45, 7) is 0. The molecule has 0 unspecified atom stereocenters. The molecule has 0 atom stereocenters. The van der Waals surface area contributed by atoms with Crippen molar-refractivity contribution in [2.24, 2.45) is 5.73 Å². The average molecular weight is 479 g/mol. The molecule has 4 aromatic rings. The Morgan fingerprint density at radius 3 is 2.66 bits per heavy atom. The maximum atomic E-state index is 14.0. The number of hydrogen-bond acceptors (Lipinski definition) is 8. The highest BCUT2D eigenvalue weighted by molar-refractivity contribution is 6.03. The molecule has 5 N–H and O–H groups in total. The molecule has 1 fully saturated rings. The van der Waals surface area contributed by atoms with E-state index in [4.69, 9.17) is 5.73 Å². The van der Waals surface area contributed by atoms with Gasteiger partial charge in [-0.2, -0.15) is 4.39 Å². The number of nitrogens with zero attached hydrogens (tertiary/aromatic N) is 5. The number of carbonyl (C=O) groups is 1. The van der Waals surface area contributed by atoms with Crippen LogP contribution in [0, 0.1) is 11.8 Å². The molecular formula is C23H23F2N9O. The van der Waals surface area contributed by atoms with Crippen LogP contribution in [0.25, 0.3) is 5.65 Å². The van der Waals surface area contributed by atoms with Gasteiger partial charge in [0.1, 0.15) is 11.6 Å². The Morgan fingerprint density at radius 2 is 1.89 bits per heavy atom. The van der Waals surface area contributed by atoms with Crippen molar-refractivity contribution in [3.8, 4) is 0 Å². The molecule has 1 aliphatic carbocycles. The Bertz CT molecular complexity index is 1370. The second kappa shape index (κ2) is 9.58. The van der Waals surface area contributed by atoms with Crippen molar-refractivity contribution >= 4 is 34.6 Å². The quantitative estimate of drug-likeness (QED) is 0.309. The Labute approximate surface area is 199 Å². The predicted molar refractivity (Wildman–Crippen MR) is 126 cm³/mol. The molecule has 0 bridgehead atoms. The van der Waals surface area contributed by atoms with Gasteiger partial charge >= 0.3 is 0 Å². The van der Waals surface area contributed by atoms with Gasteiger partial charge in [0.05, 0.1) is 23.8 Å². The highest BCUT2D eigenvalue weighted by Gasteiger charge is 2.22. The molecule has 4 heterocycles. The van der Waals surface area contributed by atoms with E-state index in [0.717, 1.165) is 31.9 Å². The number of imidazole rings is 1. The van der Waals surface area contributed by atoms with Crippen LogP contribution in [0.1, 0.15) is 36.2 Å². The number of amides is 1. The minimum absolute atomic E-state index is 0.0184. The van der Waals surface area contributed by atoms with Crippen LogP contribution in [0.15, 0.2) is 48.9 Å². The summed E-state index contributed by atoms with van der Waals surface area (Å²) in [5.74, 6) is -1.16. The smallest absolute Gasteiger partial charge is 0.276 e. The Morgan fingerprint density at radius 1 is 1.06 bits per heavy atom. The average Bonchev–Trinajstić information content (AvgIpc) is 3.27. The van der Waals surface area contributed by atoms with Gasteiger partial charge in [-0.05, 0) is 43.9 Å². The second-order valence-electron chi connectivity index (χ2n) is 8.36. The molecule has 0 spiro atoms. The molecule has 1 aliphatic rings. The largest absolute Gasteiger partial charge is 0.366 e. The fourth-order valence-electron chi connectivity index (χ4n) is 4.04. The first-order chi connectivity index (χ1) is 17.0. The molecule has 1 saturated carbocycles. The molecule has 0 aliphatic heterocycles. The van der Waals surface area contributed by atoms with E-state index in [9.17, 15) is 13.6 Å². The summed E-state index contributed by atoms with van der Waals surface area (Å²) < 4.78 is 29.0. The molecule has 0 radical (unpaired) electrons. The summed E-state index contributed by atoms with van der Waals surface area (Å²) in [6, 6.07) is 7.81. The lowest BCUT2D eigenvalue weighted by atomic mass is 9.92. The summed E-state index contributed by atoms with van der Waals surface area (Å²) in [6.07, 6.45) is 7.28. The minimum Gasteiger partial charge on any atom is -0.366 e. The van der Waals surface area contributed by atoms with Gasteiger partial charge in [0.15, 0.2) is 17.2 Å². The zero-order valence-electron chi connectivity index (χ0n) is 18.6. The summed E-state index contributed by atoms with van der Waals surface area (Å²) in [7, 11) is 0. The first-order valence-corrected chi connectivity index (χ1v) is 11.2. The Kier molecular flexibility index (Phi) is 6.19. The fourth-order valence-corrected chi connectivity index (χ4v) is 4.04. The van der Waals surface area contributed by atoms with Crippen molar-refractivity contribution in [3.63, 3.8) is 0 Å². The Hall–Kier alpha value is -4.19. The van der Waals surface area contributed by atoms with Gasteiger partial charge in [0.25, 0.3) is 5.91 Å². The molecule has 0 saturated heterocycles. The van der Waals surface area contributed by atoms with Gasteiger partial charge in [-0.25, -0.2) is 18.9 Å². The van der Waals surface area contributed by atoms with Crippen LogP contribution >= 0.6 is 0 Å². The minimum atomic E-state index is -0.667. The number of hydrogen-bond donors (Lipinski definition) is 4. The van der Waals surface area contributed by atoms with Crippen molar-refractivity contribution in [2.45, 2.75) is 37.8 Å². The number of rotatable bonds is 6. The SMILES string of the molecule is N[C@H]1CC[C@H](Nc2cc(Nc3cccc(F)n3)c3ncc(C(=O)Nc4ccncc4F)n3n2)CC1. The van der Waals surface area contributed by atoms with Crippen LogP contribution in [-0.4, -0.2) is 42.6 Å². The van der Waals surface area contributed by atoms with E-state index in [1.165, 1.54) is 35.1 Å². The third kappa shape index (κ3) is 5.01. The third-order valence-corrected chi connectivity index (χ3v) is 5.82. The number of halogens is 2. The van der Waals surface area contributed by atoms with E-state index in [-0.39, 0.29) is 29.3 Å². The number of nitrogens with two attached hydrogens (primary N) is 1. The Balaban J connectivity index is 1.51. The molecule has 35 heavy (non-hydrogen) atoms. The molecule has 12 heteroatoms. The summed E-state index contributed by atoms with van der Waals surface area (Å²) in [5, 5.41) is 13.5. The zero-order valence-corrected chi connectivity index (χ0v) is 18.6. The predicted octanol–water partition coefficient (Wildman–Crippen LogP) is 3.48. The molecule has 10 nitrogen and oxygen atoms in total. The van der Waals surface area contributed by atoms with Crippen LogP contribution in [0.3, 0.4) is 0 Å². The lowest BCUT2D eigenvalue weighted by Gasteiger charge is -2.27. The van der Waals surface area contributed by atoms with Crippen LogP contribution < -0.4 is 21.7 Å². The van der Waals surface area contributed by atoms with Crippen LogP contribution in [0.2, 0.25) is 0 Å². The maximum absolute atomic E-state index is 14.0. The lowest BCUT2D eigenvalue weighted by molar-refractivity contribution is 0.102. The standard InChI is InChI=1S/C23H23F2N9O/c24-15-11-27-9-8-16(15)31-23(35)18-12-28-22-17(30-20-3-1-2-19(25)32-20)10-21(33-34(18)22)29-14-6-4-13(26)5-7-14/h1-3,8-14H,4-7,26H2,(H,29,33)(H,30,32)(H,27,31,35)/t13-,14-. The van der Waals surface area contributed by atoms with E-state index in [1.807, 2.05) is 0 Å². The fraction of sp³-hybridized carbons (Fsp3) is 0.261. The van der Waals surface area contributed by atoms with E-state index in [2.05, 4.69) is 36.0 Å². The number of fused-ring (bicyclic) bond motifs is 1. The van der Waals surface area contributed by atoms with Crippen molar-refractivity contribution in [3.05, 3.63) is 66.4 Å². The monoisotopic (exact) mass is 479 g/mol. The first-order valence-electron chi connectivity index (χ1n) is 11.2. The summed E-state index contributed by atoms with van der Waals surface area (Å²) >= 11 is 0. The summed E-state index contributed by atoms with van der Waals surface area (Å²) in [5.41, 5.74) is 6.86. The summed E-state index contributed by atoms with van der Waals surface area (Å²) in [4.78, 5) is 24.8. The number of nitrogens with one attached hydrogen (secondary N) is 3. The zero-order chi connectivity index (χ0) is 24.4. The molecule has 0 aromatic carbocycles. The van der Waals surface area contributed by atoms with Crippen molar-refractivity contribution in [2.75, 3.05) is 16.0 Å². The van der Waals surface area contributed by atoms with Gasteiger partial charge in [-0.15, -0.1) is 5.10 Å². The normalized spacial score (nSPS) is 17.8. The van der Waals surface area contributed by atoms with Gasteiger partial charge in [0, 0.05) is 24.3 Å². The highest BCUT2D eigenvalue weighted by atomic mass is 19.1. The number of anilines is 4. The van der Waals surface area contributed by atoms with E-state index < -0.39 is 17.7 Å². The van der Waals surface area contributed by atoms with Crippen LogP contribution in [0.4, 0.5) is 31.8 Å². The maximum Gasteiger partial charge on any atom is 0.276 e. The third-order valence-electron chi connectivity index (χ3n) is 5.82. The van der Waals surface area contributed by atoms with Crippen molar-refractivity contribution in [1.29, 1.82) is 0 Å². The van der Waals surface area contributed by atoms with Gasteiger partial charge < -0.3 is 21.7 Å². The van der Waals surface area contributed by atoms with E-state index >= 15 is 0 Å². The number of aromatic nitrogens is 5. The van der Waals surface area contributed by atoms with E-state index in [1.54, 1.807) is 12.1 Å². The molecule has 4 aromatic heterocycles. The first kappa shape index (κ1) is 22.6. The lowest BCUT2D eigenvalue weighted by Crippen LogP contribution is -2.33. The number of carbonyl (C=O) groups excluding carboxylic acids is 1. The van der Waals surface area contributed by atoms with Crippen molar-refractivity contribution in [1.82, 2.24) is 24.6 Å². The van der Waals surface area contributed by atoms with E-state index in [0.29, 0.717) is 17.2 Å². The van der Waals surface area contributed by atoms with Crippen molar-refractivity contribution < 1.29 is 13.6 Å². The number of pyridine rings is 2.